The number of carbonyl (C=O) groups excluding carboxylic acids is 2. The minimum Gasteiger partial charge on any atom is -0.355 e. The number of hydrogen-bond donors (Lipinski definition) is 1. The molecule has 5 nitrogen and oxygen atoms in total. The largest absolute Gasteiger partial charge is 0.355 e. The highest BCUT2D eigenvalue weighted by Crippen LogP contribution is 2.21. The van der Waals surface area contributed by atoms with E-state index in [-0.39, 0.29) is 5.91 Å². The third-order valence-electron chi connectivity index (χ3n) is 3.58. The first-order valence-corrected chi connectivity index (χ1v) is 8.09. The molecule has 2 aliphatic rings. The van der Waals surface area contributed by atoms with E-state index in [2.05, 4.69) is 22.5 Å². The summed E-state index contributed by atoms with van der Waals surface area (Å²) in [5.74, 6) is -1.43. The summed E-state index contributed by atoms with van der Waals surface area (Å²) in [5.41, 5.74) is 0.294. The zero-order valence-corrected chi connectivity index (χ0v) is 12.7. The van der Waals surface area contributed by atoms with Gasteiger partial charge < -0.3 is 5.32 Å². The van der Waals surface area contributed by atoms with E-state index in [1.54, 1.807) is 6.26 Å². The van der Waals surface area contributed by atoms with Crippen LogP contribution < -0.4 is 5.32 Å². The Morgan fingerprint density at radius 1 is 1.57 bits per heavy atom. The Morgan fingerprint density at radius 3 is 3.00 bits per heavy atom. The predicted octanol–water partition coefficient (Wildman–Crippen LogP) is 1.83. The van der Waals surface area contributed by atoms with Gasteiger partial charge in [-0.1, -0.05) is 12.2 Å². The van der Waals surface area contributed by atoms with Crippen molar-refractivity contribution in [2.45, 2.75) is 19.3 Å². The first kappa shape index (κ1) is 15.5. The molecule has 2 unspecified atom stereocenters. The second kappa shape index (κ2) is 7.23. The van der Waals surface area contributed by atoms with E-state index < -0.39 is 11.8 Å². The molecular formula is C15H17N3O2S. The molecular weight excluding hydrogens is 286 g/mol. The standard InChI is InChI=1S/C15H17N3O2S/c1-21-15-11(8-16)7-12(14(20)18-15)13(19)17-9-10-5-3-2-4-6-10/h2-3,7,10,12H,4-6,9H2,1H3,(H,17,19). The highest BCUT2D eigenvalue weighted by Gasteiger charge is 2.30. The van der Waals surface area contributed by atoms with Crippen molar-refractivity contribution in [2.24, 2.45) is 16.8 Å². The Balaban J connectivity index is 1.98. The topological polar surface area (TPSA) is 82.3 Å². The van der Waals surface area contributed by atoms with Crippen LogP contribution in [-0.4, -0.2) is 29.7 Å². The molecule has 6 heteroatoms. The van der Waals surface area contributed by atoms with Crippen molar-refractivity contribution >= 4 is 28.6 Å². The maximum absolute atomic E-state index is 12.1. The number of thioether (sulfide) groups is 1. The van der Waals surface area contributed by atoms with Crippen LogP contribution in [0.2, 0.25) is 0 Å². The fourth-order valence-electron chi connectivity index (χ4n) is 2.36. The van der Waals surface area contributed by atoms with Gasteiger partial charge in [-0.05, 0) is 37.5 Å². The van der Waals surface area contributed by atoms with Crippen LogP contribution >= 0.6 is 11.8 Å². The van der Waals surface area contributed by atoms with Gasteiger partial charge in [-0.3, -0.25) is 9.59 Å². The molecule has 1 aliphatic carbocycles. The van der Waals surface area contributed by atoms with E-state index in [0.29, 0.717) is 23.1 Å². The van der Waals surface area contributed by atoms with Gasteiger partial charge in [-0.15, -0.1) is 11.8 Å². The van der Waals surface area contributed by atoms with Gasteiger partial charge in [0, 0.05) is 6.54 Å². The van der Waals surface area contributed by atoms with E-state index in [0.717, 1.165) is 19.3 Å². The highest BCUT2D eigenvalue weighted by molar-refractivity contribution is 8.13. The fraction of sp³-hybridized carbons (Fsp3) is 0.467. The van der Waals surface area contributed by atoms with E-state index in [9.17, 15) is 9.59 Å². The Morgan fingerprint density at radius 2 is 2.38 bits per heavy atom. The summed E-state index contributed by atoms with van der Waals surface area (Å²) in [4.78, 5) is 27.8. The second-order valence-electron chi connectivity index (χ2n) is 5.02. The molecule has 0 aromatic rings. The lowest BCUT2D eigenvalue weighted by molar-refractivity contribution is -0.131. The van der Waals surface area contributed by atoms with Crippen molar-refractivity contribution in [3.8, 4) is 6.07 Å². The van der Waals surface area contributed by atoms with Crippen molar-refractivity contribution in [1.29, 1.82) is 5.26 Å². The summed E-state index contributed by atoms with van der Waals surface area (Å²) in [5, 5.41) is 12.2. The molecule has 0 saturated heterocycles. The summed E-state index contributed by atoms with van der Waals surface area (Å²) in [6.07, 6.45) is 10.4. The Kier molecular flexibility index (Phi) is 5.34. The van der Waals surface area contributed by atoms with Gasteiger partial charge in [-0.25, -0.2) is 4.99 Å². The van der Waals surface area contributed by atoms with E-state index >= 15 is 0 Å². The van der Waals surface area contributed by atoms with Gasteiger partial charge in [0.15, 0.2) is 0 Å². The molecule has 0 fully saturated rings. The van der Waals surface area contributed by atoms with Crippen molar-refractivity contribution in [1.82, 2.24) is 5.32 Å². The molecule has 0 aromatic carbocycles. The van der Waals surface area contributed by atoms with Crippen LogP contribution in [0.1, 0.15) is 19.3 Å². The average Bonchev–Trinajstić information content (AvgIpc) is 2.53. The van der Waals surface area contributed by atoms with E-state index in [4.69, 9.17) is 5.26 Å². The summed E-state index contributed by atoms with van der Waals surface area (Å²) in [6.45, 7) is 0.557. The lowest BCUT2D eigenvalue weighted by Gasteiger charge is -2.20. The number of hydrogen-bond acceptors (Lipinski definition) is 4. The quantitative estimate of drug-likeness (QED) is 0.637. The highest BCUT2D eigenvalue weighted by atomic mass is 32.2. The van der Waals surface area contributed by atoms with Gasteiger partial charge >= 0.3 is 0 Å². The molecule has 2 atom stereocenters. The summed E-state index contributed by atoms with van der Waals surface area (Å²) >= 11 is 1.23. The van der Waals surface area contributed by atoms with Crippen LogP contribution in [0.25, 0.3) is 0 Å². The number of amides is 2. The SMILES string of the molecule is CSC1=NC(=O)C(C(=O)NCC2CC=CCC2)C=C1C#N. The molecule has 1 heterocycles. The molecule has 1 N–H and O–H groups in total. The number of aliphatic imine (C=N–C) groups is 1. The minimum atomic E-state index is -0.977. The second-order valence-corrected chi connectivity index (χ2v) is 5.82. The molecule has 0 bridgehead atoms. The van der Waals surface area contributed by atoms with Crippen LogP contribution in [0, 0.1) is 23.2 Å². The molecule has 0 aromatic heterocycles. The number of nitrogens with one attached hydrogen (secondary N) is 1. The van der Waals surface area contributed by atoms with Crippen LogP contribution in [0.3, 0.4) is 0 Å². The van der Waals surface area contributed by atoms with E-state index in [1.165, 1.54) is 17.8 Å². The number of rotatable bonds is 3. The smallest absolute Gasteiger partial charge is 0.263 e. The van der Waals surface area contributed by atoms with Crippen LogP contribution in [0.4, 0.5) is 0 Å². The lowest BCUT2D eigenvalue weighted by Crippen LogP contribution is -2.38. The molecule has 21 heavy (non-hydrogen) atoms. The molecule has 0 saturated carbocycles. The van der Waals surface area contributed by atoms with Crippen molar-refractivity contribution in [2.75, 3.05) is 12.8 Å². The minimum absolute atomic E-state index is 0.294. The van der Waals surface area contributed by atoms with Crippen LogP contribution in [0.5, 0.6) is 0 Å². The zero-order chi connectivity index (χ0) is 15.2. The number of carbonyl (C=O) groups is 2. The average molecular weight is 303 g/mol. The third kappa shape index (κ3) is 3.82. The first-order chi connectivity index (χ1) is 10.2. The monoisotopic (exact) mass is 303 g/mol. The normalized spacial score (nSPS) is 24.9. The maximum atomic E-state index is 12.1. The number of nitrogens with zero attached hydrogens (tertiary/aromatic N) is 2. The molecule has 2 rings (SSSR count). The Hall–Kier alpha value is -1.87. The van der Waals surface area contributed by atoms with Gasteiger partial charge in [0.25, 0.3) is 5.91 Å². The number of nitriles is 1. The number of allylic oxidation sites excluding steroid dienone is 2. The maximum Gasteiger partial charge on any atom is 0.263 e. The molecule has 1 aliphatic heterocycles. The summed E-state index contributed by atoms with van der Waals surface area (Å²) in [6, 6.07) is 1.98. The molecule has 2 amide bonds. The Labute approximate surface area is 128 Å². The van der Waals surface area contributed by atoms with Crippen molar-refractivity contribution in [3.63, 3.8) is 0 Å². The Bertz CT molecular complexity index is 572. The predicted molar refractivity (Wildman–Crippen MR) is 82.6 cm³/mol. The molecule has 110 valence electrons. The van der Waals surface area contributed by atoms with Crippen molar-refractivity contribution in [3.05, 3.63) is 23.8 Å². The van der Waals surface area contributed by atoms with Gasteiger partial charge in [-0.2, -0.15) is 5.26 Å². The molecule has 0 spiro atoms. The van der Waals surface area contributed by atoms with Crippen LogP contribution in [-0.2, 0) is 9.59 Å². The van der Waals surface area contributed by atoms with Gasteiger partial charge in [0.2, 0.25) is 5.91 Å². The first-order valence-electron chi connectivity index (χ1n) is 6.87. The van der Waals surface area contributed by atoms with Crippen LogP contribution in [0.15, 0.2) is 28.8 Å². The van der Waals surface area contributed by atoms with E-state index in [1.807, 2.05) is 6.07 Å². The van der Waals surface area contributed by atoms with Gasteiger partial charge in [0.1, 0.15) is 17.0 Å². The summed E-state index contributed by atoms with van der Waals surface area (Å²) in [7, 11) is 0. The van der Waals surface area contributed by atoms with Gasteiger partial charge in [0.05, 0.1) is 5.57 Å². The third-order valence-corrected chi connectivity index (χ3v) is 4.28. The van der Waals surface area contributed by atoms with Crippen molar-refractivity contribution < 1.29 is 9.59 Å². The zero-order valence-electron chi connectivity index (χ0n) is 11.8. The summed E-state index contributed by atoms with van der Waals surface area (Å²) < 4.78 is 0. The molecule has 0 radical (unpaired) electrons. The fourth-order valence-corrected chi connectivity index (χ4v) is 2.88. The lowest BCUT2D eigenvalue weighted by atomic mass is 9.94. The number of dihydropyridines is 1.